The second kappa shape index (κ2) is 5.63. The van der Waals surface area contributed by atoms with Gasteiger partial charge in [0.25, 0.3) is 5.91 Å². The van der Waals surface area contributed by atoms with Gasteiger partial charge in [-0.25, -0.2) is 0 Å². The highest BCUT2D eigenvalue weighted by Crippen LogP contribution is 2.32. The molecule has 1 aromatic heterocycles. The van der Waals surface area contributed by atoms with Crippen LogP contribution >= 0.6 is 11.3 Å². The van der Waals surface area contributed by atoms with E-state index in [9.17, 15) is 19.5 Å². The number of thiophene rings is 1. The highest BCUT2D eigenvalue weighted by atomic mass is 32.1. The molecule has 18 heavy (non-hydrogen) atoms. The molecule has 98 valence electrons. The summed E-state index contributed by atoms with van der Waals surface area (Å²) in [5, 5.41) is 13.1. The van der Waals surface area contributed by atoms with Gasteiger partial charge in [0.05, 0.1) is 5.56 Å². The first kappa shape index (κ1) is 14.2. The second-order valence-corrected chi connectivity index (χ2v) is 5.00. The quantitative estimate of drug-likeness (QED) is 0.779. The summed E-state index contributed by atoms with van der Waals surface area (Å²) >= 11 is 1.24. The van der Waals surface area contributed by atoms with Gasteiger partial charge < -0.3 is 21.0 Å². The average molecular weight is 269 g/mol. The van der Waals surface area contributed by atoms with Crippen LogP contribution in [0, 0.1) is 13.8 Å². The van der Waals surface area contributed by atoms with Gasteiger partial charge in [0, 0.05) is 17.3 Å². The molecule has 1 aromatic rings. The zero-order chi connectivity index (χ0) is 13.9. The van der Waals surface area contributed by atoms with Crippen molar-refractivity contribution in [2.75, 3.05) is 5.32 Å². The summed E-state index contributed by atoms with van der Waals surface area (Å²) < 4.78 is 0. The van der Waals surface area contributed by atoms with Crippen LogP contribution in [0.15, 0.2) is 0 Å². The Kier molecular flexibility index (Phi) is 4.43. The summed E-state index contributed by atoms with van der Waals surface area (Å²) in [4.78, 5) is 33.8. The first-order valence-corrected chi connectivity index (χ1v) is 6.04. The van der Waals surface area contributed by atoms with Gasteiger partial charge in [0.15, 0.2) is 0 Å². The van der Waals surface area contributed by atoms with E-state index in [2.05, 4.69) is 5.32 Å². The predicted molar refractivity (Wildman–Crippen MR) is 65.2 cm³/mol. The number of hydrogen-bond acceptors (Lipinski definition) is 5. The Bertz CT molecular complexity index is 507. The molecule has 0 spiro atoms. The number of nitrogens with two attached hydrogens (primary N) is 1. The number of carbonyl (C=O) groups is 3. The largest absolute Gasteiger partial charge is 0.550 e. The van der Waals surface area contributed by atoms with E-state index < -0.39 is 17.8 Å². The minimum absolute atomic E-state index is 0.198. The molecule has 0 fully saturated rings. The minimum atomic E-state index is -1.29. The number of carbonyl (C=O) groups excluding carboxylic acids is 3. The SMILES string of the molecule is Cc1sc(NC(=O)CCC(=O)[O-])c(C(N)=O)c1C. The van der Waals surface area contributed by atoms with E-state index in [1.807, 2.05) is 6.92 Å². The maximum Gasteiger partial charge on any atom is 0.251 e. The maximum absolute atomic E-state index is 11.5. The number of aliphatic carboxylic acids is 1. The Morgan fingerprint density at radius 2 is 1.89 bits per heavy atom. The Morgan fingerprint density at radius 3 is 2.39 bits per heavy atom. The van der Waals surface area contributed by atoms with Crippen LogP contribution in [0.1, 0.15) is 33.6 Å². The lowest BCUT2D eigenvalue weighted by atomic mass is 10.1. The fourth-order valence-corrected chi connectivity index (χ4v) is 2.50. The lowest BCUT2D eigenvalue weighted by molar-refractivity contribution is -0.305. The van der Waals surface area contributed by atoms with E-state index in [0.29, 0.717) is 5.00 Å². The highest BCUT2D eigenvalue weighted by molar-refractivity contribution is 7.16. The molecule has 0 unspecified atom stereocenters. The molecule has 0 aliphatic carbocycles. The number of primary amides is 1. The third kappa shape index (κ3) is 3.30. The van der Waals surface area contributed by atoms with Crippen molar-refractivity contribution in [3.8, 4) is 0 Å². The van der Waals surface area contributed by atoms with E-state index >= 15 is 0 Å². The number of nitrogens with one attached hydrogen (secondary N) is 1. The van der Waals surface area contributed by atoms with Gasteiger partial charge >= 0.3 is 0 Å². The summed E-state index contributed by atoms with van der Waals surface area (Å²) in [5.41, 5.74) is 6.24. The minimum Gasteiger partial charge on any atom is -0.550 e. The second-order valence-electron chi connectivity index (χ2n) is 3.77. The normalized spacial score (nSPS) is 10.1. The van der Waals surface area contributed by atoms with E-state index in [4.69, 9.17) is 5.73 Å². The number of carboxylic acid groups (broad SMARTS) is 1. The smallest absolute Gasteiger partial charge is 0.251 e. The number of rotatable bonds is 5. The van der Waals surface area contributed by atoms with Crippen LogP contribution in [-0.4, -0.2) is 17.8 Å². The Morgan fingerprint density at radius 1 is 1.28 bits per heavy atom. The molecule has 0 aliphatic rings. The molecule has 6 nitrogen and oxygen atoms in total. The standard InChI is InChI=1S/C11H14N2O4S/c1-5-6(2)18-11(9(5)10(12)17)13-7(14)3-4-8(15)16/h3-4H2,1-2H3,(H2,12,17)(H,13,14)(H,15,16)/p-1. The van der Waals surface area contributed by atoms with Crippen LogP contribution in [0.5, 0.6) is 0 Å². The monoisotopic (exact) mass is 269 g/mol. The van der Waals surface area contributed by atoms with Crippen LogP contribution in [-0.2, 0) is 9.59 Å². The Hall–Kier alpha value is -1.89. The number of amides is 2. The third-order valence-corrected chi connectivity index (χ3v) is 3.56. The molecule has 3 N–H and O–H groups in total. The highest BCUT2D eigenvalue weighted by Gasteiger charge is 2.18. The lowest BCUT2D eigenvalue weighted by Gasteiger charge is -2.05. The van der Waals surface area contributed by atoms with Crippen molar-refractivity contribution in [3.63, 3.8) is 0 Å². The van der Waals surface area contributed by atoms with Crippen LogP contribution < -0.4 is 16.2 Å². The van der Waals surface area contributed by atoms with Crippen molar-refractivity contribution < 1.29 is 19.5 Å². The molecular formula is C11H13N2O4S-. The molecule has 0 saturated heterocycles. The van der Waals surface area contributed by atoms with Crippen molar-refractivity contribution >= 4 is 34.1 Å². The van der Waals surface area contributed by atoms with Crippen molar-refractivity contribution in [3.05, 3.63) is 16.0 Å². The molecule has 0 atom stereocenters. The van der Waals surface area contributed by atoms with Crippen molar-refractivity contribution in [1.82, 2.24) is 0 Å². The predicted octanol–water partition coefficient (Wildman–Crippen LogP) is -0.0676. The molecule has 0 aliphatic heterocycles. The number of anilines is 1. The summed E-state index contributed by atoms with van der Waals surface area (Å²) in [6, 6.07) is 0. The third-order valence-electron chi connectivity index (χ3n) is 2.44. The fourth-order valence-electron chi connectivity index (χ4n) is 1.42. The number of hydrogen-bond donors (Lipinski definition) is 2. The fraction of sp³-hybridized carbons (Fsp3) is 0.364. The van der Waals surface area contributed by atoms with Crippen LogP contribution in [0.2, 0.25) is 0 Å². The van der Waals surface area contributed by atoms with E-state index in [-0.39, 0.29) is 18.4 Å². The first-order valence-electron chi connectivity index (χ1n) is 5.22. The lowest BCUT2D eigenvalue weighted by Crippen LogP contribution is -2.24. The number of carboxylic acids is 1. The molecule has 2 amide bonds. The van der Waals surface area contributed by atoms with Gasteiger partial charge in [-0.2, -0.15) is 0 Å². The van der Waals surface area contributed by atoms with Gasteiger partial charge in [-0.1, -0.05) is 0 Å². The molecule has 0 radical (unpaired) electrons. The van der Waals surface area contributed by atoms with Gasteiger partial charge in [0.1, 0.15) is 5.00 Å². The Labute approximate surface area is 108 Å². The van der Waals surface area contributed by atoms with E-state index in [1.54, 1.807) is 6.92 Å². The van der Waals surface area contributed by atoms with Gasteiger partial charge in [-0.05, 0) is 25.8 Å². The van der Waals surface area contributed by atoms with Crippen LogP contribution in [0.25, 0.3) is 0 Å². The molecule has 0 aromatic carbocycles. The molecule has 0 bridgehead atoms. The summed E-state index contributed by atoms with van der Waals surface area (Å²) in [6.07, 6.45) is -0.558. The van der Waals surface area contributed by atoms with Gasteiger partial charge in [0.2, 0.25) is 5.91 Å². The molecule has 1 heterocycles. The van der Waals surface area contributed by atoms with Crippen LogP contribution in [0.4, 0.5) is 5.00 Å². The summed E-state index contributed by atoms with van der Waals surface area (Å²) in [5.74, 6) is -2.39. The summed E-state index contributed by atoms with van der Waals surface area (Å²) in [6.45, 7) is 3.55. The summed E-state index contributed by atoms with van der Waals surface area (Å²) in [7, 11) is 0. The van der Waals surface area contributed by atoms with E-state index in [0.717, 1.165) is 10.4 Å². The zero-order valence-electron chi connectivity index (χ0n) is 10.0. The van der Waals surface area contributed by atoms with Crippen LogP contribution in [0.3, 0.4) is 0 Å². The van der Waals surface area contributed by atoms with Gasteiger partial charge in [-0.15, -0.1) is 11.3 Å². The Balaban J connectivity index is 2.84. The topological polar surface area (TPSA) is 112 Å². The molecule has 0 saturated carbocycles. The van der Waals surface area contributed by atoms with Crippen molar-refractivity contribution in [2.45, 2.75) is 26.7 Å². The van der Waals surface area contributed by atoms with Crippen molar-refractivity contribution in [1.29, 1.82) is 0 Å². The molecule has 7 heteroatoms. The molecule has 1 rings (SSSR count). The number of aryl methyl sites for hydroxylation is 1. The molecular weight excluding hydrogens is 256 g/mol. The van der Waals surface area contributed by atoms with E-state index in [1.165, 1.54) is 11.3 Å². The van der Waals surface area contributed by atoms with Crippen molar-refractivity contribution in [2.24, 2.45) is 5.73 Å². The maximum atomic E-state index is 11.5. The average Bonchev–Trinajstić information content (AvgIpc) is 2.51. The zero-order valence-corrected chi connectivity index (χ0v) is 10.8. The van der Waals surface area contributed by atoms with Gasteiger partial charge in [-0.3, -0.25) is 9.59 Å². The first-order chi connectivity index (χ1) is 8.32.